The van der Waals surface area contributed by atoms with Gasteiger partial charge in [0.05, 0.1) is 6.20 Å². The number of hydrogen-bond donors (Lipinski definition) is 1. The van der Waals surface area contributed by atoms with E-state index in [-0.39, 0.29) is 0 Å². The van der Waals surface area contributed by atoms with Gasteiger partial charge in [-0.25, -0.2) is 0 Å². The first-order chi connectivity index (χ1) is 8.47. The topological polar surface area (TPSA) is 47.1 Å². The molecule has 1 heterocycles. The molecule has 102 valence electrons. The molecule has 1 saturated carbocycles. The monoisotopic (exact) mass is 250 g/mol. The van der Waals surface area contributed by atoms with Crippen molar-refractivity contribution in [3.05, 3.63) is 18.0 Å². The fraction of sp³-hybridized carbons (Fsp3) is 0.786. The Morgan fingerprint density at radius 2 is 2.17 bits per heavy atom. The summed E-state index contributed by atoms with van der Waals surface area (Å²) in [7, 11) is 4.14. The molecular weight excluding hydrogens is 224 g/mol. The van der Waals surface area contributed by atoms with Gasteiger partial charge in [0, 0.05) is 37.4 Å². The second-order valence-electron chi connectivity index (χ2n) is 6.15. The fourth-order valence-corrected chi connectivity index (χ4v) is 3.60. The quantitative estimate of drug-likeness (QED) is 0.886. The van der Waals surface area contributed by atoms with E-state index in [0.29, 0.717) is 18.0 Å². The van der Waals surface area contributed by atoms with Crippen LogP contribution in [0.15, 0.2) is 12.4 Å². The molecule has 1 aliphatic carbocycles. The summed E-state index contributed by atoms with van der Waals surface area (Å²) in [4.78, 5) is 2.40. The van der Waals surface area contributed by atoms with E-state index in [2.05, 4.69) is 37.1 Å². The molecule has 0 bridgehead atoms. The molecule has 1 fully saturated rings. The van der Waals surface area contributed by atoms with E-state index in [4.69, 9.17) is 5.73 Å². The summed E-state index contributed by atoms with van der Waals surface area (Å²) in [6, 6.07) is 0.784. The Labute approximate surface area is 110 Å². The SMILES string of the molecule is CC1CC(C)C(N(C)Cc2cnn(C)c2)C(N)C1. The van der Waals surface area contributed by atoms with Crippen LogP contribution in [0.1, 0.15) is 32.3 Å². The molecule has 0 radical (unpaired) electrons. The van der Waals surface area contributed by atoms with E-state index in [0.717, 1.165) is 18.9 Å². The number of aryl methyl sites for hydroxylation is 1. The van der Waals surface area contributed by atoms with Crippen LogP contribution >= 0.6 is 0 Å². The Balaban J connectivity index is 2.01. The summed E-state index contributed by atoms with van der Waals surface area (Å²) in [5.74, 6) is 1.43. The van der Waals surface area contributed by atoms with Crippen LogP contribution in [0.4, 0.5) is 0 Å². The van der Waals surface area contributed by atoms with Crippen molar-refractivity contribution in [3.8, 4) is 0 Å². The first-order valence-electron chi connectivity index (χ1n) is 6.90. The minimum Gasteiger partial charge on any atom is -0.326 e. The van der Waals surface area contributed by atoms with Gasteiger partial charge in [-0.05, 0) is 31.7 Å². The first kappa shape index (κ1) is 13.6. The molecule has 4 atom stereocenters. The van der Waals surface area contributed by atoms with Crippen LogP contribution in [0.25, 0.3) is 0 Å². The molecule has 2 rings (SSSR count). The zero-order valence-corrected chi connectivity index (χ0v) is 12.0. The molecule has 0 spiro atoms. The van der Waals surface area contributed by atoms with Crippen LogP contribution in [0.5, 0.6) is 0 Å². The molecule has 0 aliphatic heterocycles. The normalized spacial score (nSPS) is 33.0. The Kier molecular flexibility index (Phi) is 4.07. The maximum Gasteiger partial charge on any atom is 0.0534 e. The van der Waals surface area contributed by atoms with E-state index in [1.54, 1.807) is 0 Å². The van der Waals surface area contributed by atoms with Crippen LogP contribution in [0, 0.1) is 11.8 Å². The van der Waals surface area contributed by atoms with Crippen LogP contribution in [0.2, 0.25) is 0 Å². The van der Waals surface area contributed by atoms with Gasteiger partial charge in [0.1, 0.15) is 0 Å². The molecule has 18 heavy (non-hydrogen) atoms. The van der Waals surface area contributed by atoms with Crippen molar-refractivity contribution in [1.29, 1.82) is 0 Å². The van der Waals surface area contributed by atoms with Crippen molar-refractivity contribution in [3.63, 3.8) is 0 Å². The first-order valence-corrected chi connectivity index (χ1v) is 6.90. The minimum atomic E-state index is 0.297. The van der Waals surface area contributed by atoms with Crippen molar-refractivity contribution in [1.82, 2.24) is 14.7 Å². The van der Waals surface area contributed by atoms with Gasteiger partial charge in [-0.3, -0.25) is 9.58 Å². The Morgan fingerprint density at radius 3 is 2.72 bits per heavy atom. The van der Waals surface area contributed by atoms with Gasteiger partial charge < -0.3 is 5.73 Å². The van der Waals surface area contributed by atoms with Crippen LogP contribution in [-0.4, -0.2) is 33.8 Å². The molecular formula is C14H26N4. The van der Waals surface area contributed by atoms with E-state index < -0.39 is 0 Å². The molecule has 4 unspecified atom stereocenters. The van der Waals surface area contributed by atoms with Crippen molar-refractivity contribution >= 4 is 0 Å². The van der Waals surface area contributed by atoms with Crippen molar-refractivity contribution in [2.75, 3.05) is 7.05 Å². The average Bonchev–Trinajstić information content (AvgIpc) is 2.62. The summed E-state index contributed by atoms with van der Waals surface area (Å²) in [5.41, 5.74) is 7.62. The highest BCUT2D eigenvalue weighted by Crippen LogP contribution is 2.31. The lowest BCUT2D eigenvalue weighted by Gasteiger charge is -2.42. The Morgan fingerprint density at radius 1 is 1.44 bits per heavy atom. The largest absolute Gasteiger partial charge is 0.326 e. The number of aromatic nitrogens is 2. The average molecular weight is 250 g/mol. The van der Waals surface area contributed by atoms with Crippen molar-refractivity contribution in [2.45, 2.75) is 45.3 Å². The second-order valence-corrected chi connectivity index (χ2v) is 6.15. The summed E-state index contributed by atoms with van der Waals surface area (Å²) in [6.07, 6.45) is 6.46. The number of likely N-dealkylation sites (N-methyl/N-ethyl adjacent to an activating group) is 1. The smallest absolute Gasteiger partial charge is 0.0534 e. The lowest BCUT2D eigenvalue weighted by atomic mass is 9.76. The van der Waals surface area contributed by atoms with Crippen LogP contribution in [0.3, 0.4) is 0 Å². The fourth-order valence-electron chi connectivity index (χ4n) is 3.60. The van der Waals surface area contributed by atoms with E-state index in [1.165, 1.54) is 12.0 Å². The van der Waals surface area contributed by atoms with E-state index >= 15 is 0 Å². The molecule has 0 aromatic carbocycles. The highest BCUT2D eigenvalue weighted by atomic mass is 15.2. The third-order valence-electron chi connectivity index (χ3n) is 4.17. The van der Waals surface area contributed by atoms with Gasteiger partial charge in [-0.15, -0.1) is 0 Å². The van der Waals surface area contributed by atoms with Gasteiger partial charge in [0.15, 0.2) is 0 Å². The third kappa shape index (κ3) is 2.93. The maximum atomic E-state index is 6.36. The number of nitrogens with zero attached hydrogens (tertiary/aromatic N) is 3. The van der Waals surface area contributed by atoms with Gasteiger partial charge in [-0.2, -0.15) is 5.10 Å². The molecule has 1 aromatic heterocycles. The zero-order valence-electron chi connectivity index (χ0n) is 12.0. The summed E-state index contributed by atoms with van der Waals surface area (Å²) in [6.45, 7) is 5.58. The highest BCUT2D eigenvalue weighted by molar-refractivity contribution is 5.04. The minimum absolute atomic E-state index is 0.297. The highest BCUT2D eigenvalue weighted by Gasteiger charge is 2.34. The van der Waals surface area contributed by atoms with Gasteiger partial charge in [0.2, 0.25) is 0 Å². The van der Waals surface area contributed by atoms with Gasteiger partial charge in [0.25, 0.3) is 0 Å². The number of hydrogen-bond acceptors (Lipinski definition) is 3. The summed E-state index contributed by atoms with van der Waals surface area (Å²) < 4.78 is 1.86. The van der Waals surface area contributed by atoms with Crippen LogP contribution < -0.4 is 5.73 Å². The lowest BCUT2D eigenvalue weighted by Crippen LogP contribution is -2.53. The van der Waals surface area contributed by atoms with Crippen molar-refractivity contribution < 1.29 is 0 Å². The Bertz CT molecular complexity index is 375. The van der Waals surface area contributed by atoms with E-state index in [9.17, 15) is 0 Å². The summed E-state index contributed by atoms with van der Waals surface area (Å²) in [5, 5.41) is 4.22. The second kappa shape index (κ2) is 5.41. The molecule has 4 nitrogen and oxygen atoms in total. The molecule has 2 N–H and O–H groups in total. The van der Waals surface area contributed by atoms with Gasteiger partial charge >= 0.3 is 0 Å². The van der Waals surface area contributed by atoms with Crippen LogP contribution in [-0.2, 0) is 13.6 Å². The molecule has 4 heteroatoms. The maximum absolute atomic E-state index is 6.36. The molecule has 1 aliphatic rings. The molecule has 1 aromatic rings. The Hall–Kier alpha value is -0.870. The number of rotatable bonds is 3. The zero-order chi connectivity index (χ0) is 13.3. The summed E-state index contributed by atoms with van der Waals surface area (Å²) >= 11 is 0. The third-order valence-corrected chi connectivity index (χ3v) is 4.17. The standard InChI is InChI=1S/C14H26N4/c1-10-5-11(2)14(13(15)6-10)17(3)8-12-7-16-18(4)9-12/h7,9-11,13-14H,5-6,8,15H2,1-4H3. The predicted octanol–water partition coefficient (Wildman–Crippen LogP) is 1.61. The molecule has 0 amide bonds. The van der Waals surface area contributed by atoms with E-state index in [1.807, 2.05) is 17.9 Å². The predicted molar refractivity (Wildman–Crippen MR) is 74.0 cm³/mol. The number of nitrogens with two attached hydrogens (primary N) is 1. The lowest BCUT2D eigenvalue weighted by molar-refractivity contribution is 0.0911. The van der Waals surface area contributed by atoms with Crippen molar-refractivity contribution in [2.24, 2.45) is 24.6 Å². The molecule has 0 saturated heterocycles. The van der Waals surface area contributed by atoms with Gasteiger partial charge in [-0.1, -0.05) is 13.8 Å².